The molecule has 0 bridgehead atoms. The fourth-order valence-corrected chi connectivity index (χ4v) is 3.54. The molecule has 2 aliphatic heterocycles. The van der Waals surface area contributed by atoms with Gasteiger partial charge in [0, 0.05) is 25.8 Å². The highest BCUT2D eigenvalue weighted by Gasteiger charge is 2.40. The van der Waals surface area contributed by atoms with E-state index in [0.717, 1.165) is 36.2 Å². The Balaban J connectivity index is 1.57. The summed E-state index contributed by atoms with van der Waals surface area (Å²) in [6.07, 6.45) is 5.86. The summed E-state index contributed by atoms with van der Waals surface area (Å²) in [6, 6.07) is 5.98. The second kappa shape index (κ2) is 5.68. The Labute approximate surface area is 144 Å². The van der Waals surface area contributed by atoms with Crippen LogP contribution in [0.2, 0.25) is 0 Å². The summed E-state index contributed by atoms with van der Waals surface area (Å²) in [5.74, 6) is 2.28. The molecular weight excluding hydrogens is 320 g/mol. The van der Waals surface area contributed by atoms with E-state index >= 15 is 0 Å². The van der Waals surface area contributed by atoms with Gasteiger partial charge in [-0.25, -0.2) is 4.98 Å². The van der Waals surface area contributed by atoms with Gasteiger partial charge in [-0.15, -0.1) is 16.8 Å². The number of aromatic nitrogens is 5. The van der Waals surface area contributed by atoms with E-state index in [2.05, 4.69) is 26.7 Å². The number of ether oxygens (including phenoxy) is 2. The first-order valence-corrected chi connectivity index (χ1v) is 8.30. The quantitative estimate of drug-likeness (QED) is 0.669. The highest BCUT2D eigenvalue weighted by molar-refractivity contribution is 5.58. The third-order valence-electron chi connectivity index (χ3n) is 4.74. The van der Waals surface area contributed by atoms with Crippen molar-refractivity contribution in [2.75, 3.05) is 24.8 Å². The Morgan fingerprint density at radius 3 is 2.80 bits per heavy atom. The second-order valence-electron chi connectivity index (χ2n) is 6.23. The Bertz CT molecular complexity index is 920. The molecule has 0 spiro atoms. The van der Waals surface area contributed by atoms with Crippen molar-refractivity contribution < 1.29 is 9.47 Å². The van der Waals surface area contributed by atoms with Crippen LogP contribution in [0.1, 0.15) is 0 Å². The third-order valence-corrected chi connectivity index (χ3v) is 4.74. The number of rotatable bonds is 4. The lowest BCUT2D eigenvalue weighted by Crippen LogP contribution is -2.26. The number of fused-ring (bicyclic) bond motifs is 2. The predicted octanol–water partition coefficient (Wildman–Crippen LogP) is 1.34. The average molecular weight is 338 g/mol. The van der Waals surface area contributed by atoms with Gasteiger partial charge in [-0.05, 0) is 12.1 Å². The highest BCUT2D eigenvalue weighted by Crippen LogP contribution is 2.29. The molecule has 0 radical (unpaired) electrons. The highest BCUT2D eigenvalue weighted by atomic mass is 16.7. The van der Waals surface area contributed by atoms with Crippen LogP contribution in [-0.4, -0.2) is 56.2 Å². The average Bonchev–Trinajstić information content (AvgIpc) is 3.36. The van der Waals surface area contributed by atoms with Crippen LogP contribution in [0.15, 0.2) is 43.2 Å². The number of pyridine rings is 1. The zero-order chi connectivity index (χ0) is 16.8. The van der Waals surface area contributed by atoms with Crippen LogP contribution >= 0.6 is 0 Å². The summed E-state index contributed by atoms with van der Waals surface area (Å²) in [4.78, 5) is 6.70. The van der Waals surface area contributed by atoms with Crippen molar-refractivity contribution in [3.8, 4) is 11.6 Å². The molecule has 2 saturated heterocycles. The number of allylic oxidation sites excluding steroid dienone is 1. The molecule has 3 aromatic rings. The van der Waals surface area contributed by atoms with E-state index in [0.29, 0.717) is 13.3 Å². The van der Waals surface area contributed by atoms with Gasteiger partial charge in [0.25, 0.3) is 0 Å². The van der Waals surface area contributed by atoms with Gasteiger partial charge < -0.3 is 14.4 Å². The van der Waals surface area contributed by atoms with E-state index in [9.17, 15) is 0 Å². The number of imidazole rings is 1. The summed E-state index contributed by atoms with van der Waals surface area (Å²) in [7, 11) is 0. The molecule has 25 heavy (non-hydrogen) atoms. The standard InChI is InChI=1S/C17H18N6O2/c1-2-6-23-16(15-18-8-12-5-3-4-7-22(12)15)19-20-17(23)21-9-13-14(10-21)25-11-24-13/h2-5,7-8,13-14H,1,6,9-11H2/t13-,14+. The predicted molar refractivity (Wildman–Crippen MR) is 91.2 cm³/mol. The van der Waals surface area contributed by atoms with Crippen molar-refractivity contribution in [2.45, 2.75) is 18.8 Å². The summed E-state index contributed by atoms with van der Waals surface area (Å²) in [5, 5.41) is 8.86. The first-order valence-electron chi connectivity index (χ1n) is 8.30. The summed E-state index contributed by atoms with van der Waals surface area (Å²) < 4.78 is 15.3. The van der Waals surface area contributed by atoms with Crippen LogP contribution in [0, 0.1) is 0 Å². The van der Waals surface area contributed by atoms with Crippen molar-refractivity contribution in [1.82, 2.24) is 24.1 Å². The minimum atomic E-state index is 0.101. The summed E-state index contributed by atoms with van der Waals surface area (Å²) in [5.41, 5.74) is 1.02. The minimum absolute atomic E-state index is 0.101. The Hall–Kier alpha value is -2.71. The molecule has 2 atom stereocenters. The van der Waals surface area contributed by atoms with Gasteiger partial charge >= 0.3 is 0 Å². The molecule has 2 aliphatic rings. The maximum Gasteiger partial charge on any atom is 0.228 e. The maximum atomic E-state index is 5.61. The zero-order valence-electron chi connectivity index (χ0n) is 13.7. The normalized spacial score (nSPS) is 22.6. The fourth-order valence-electron chi connectivity index (χ4n) is 3.54. The molecule has 8 nitrogen and oxygen atoms in total. The molecule has 0 aliphatic carbocycles. The lowest BCUT2D eigenvalue weighted by Gasteiger charge is -2.18. The molecule has 2 fully saturated rings. The first-order chi connectivity index (χ1) is 12.3. The Kier molecular flexibility index (Phi) is 3.32. The van der Waals surface area contributed by atoms with Crippen LogP contribution in [0.3, 0.4) is 0 Å². The van der Waals surface area contributed by atoms with E-state index in [1.165, 1.54) is 0 Å². The van der Waals surface area contributed by atoms with E-state index in [1.54, 1.807) is 0 Å². The van der Waals surface area contributed by atoms with Gasteiger partial charge in [0.05, 0.1) is 11.7 Å². The van der Waals surface area contributed by atoms with Gasteiger partial charge in [0.1, 0.15) is 19.0 Å². The maximum absolute atomic E-state index is 5.61. The van der Waals surface area contributed by atoms with Crippen molar-refractivity contribution >= 4 is 11.5 Å². The van der Waals surface area contributed by atoms with E-state index in [-0.39, 0.29) is 12.2 Å². The Morgan fingerprint density at radius 2 is 2.00 bits per heavy atom. The number of hydrogen-bond donors (Lipinski definition) is 0. The van der Waals surface area contributed by atoms with E-state index < -0.39 is 0 Å². The van der Waals surface area contributed by atoms with Crippen LogP contribution < -0.4 is 4.90 Å². The molecule has 128 valence electrons. The van der Waals surface area contributed by atoms with Crippen LogP contribution in [0.25, 0.3) is 17.2 Å². The third kappa shape index (κ3) is 2.25. The van der Waals surface area contributed by atoms with Crippen LogP contribution in [0.5, 0.6) is 0 Å². The molecule has 3 aromatic heterocycles. The summed E-state index contributed by atoms with van der Waals surface area (Å²) in [6.45, 7) is 6.37. The Morgan fingerprint density at radius 1 is 1.16 bits per heavy atom. The molecule has 5 heterocycles. The number of anilines is 1. The van der Waals surface area contributed by atoms with Crippen LogP contribution in [0.4, 0.5) is 5.95 Å². The van der Waals surface area contributed by atoms with Gasteiger partial charge in [0.15, 0.2) is 5.82 Å². The van der Waals surface area contributed by atoms with Crippen molar-refractivity contribution in [2.24, 2.45) is 0 Å². The molecule has 0 aromatic carbocycles. The molecular formula is C17H18N6O2. The molecule has 0 amide bonds. The second-order valence-corrected chi connectivity index (χ2v) is 6.23. The van der Waals surface area contributed by atoms with E-state index in [1.807, 2.05) is 45.6 Å². The van der Waals surface area contributed by atoms with Crippen molar-refractivity contribution in [1.29, 1.82) is 0 Å². The van der Waals surface area contributed by atoms with Gasteiger partial charge in [-0.1, -0.05) is 12.1 Å². The lowest BCUT2D eigenvalue weighted by molar-refractivity contribution is 0.0351. The molecule has 0 unspecified atom stereocenters. The smallest absolute Gasteiger partial charge is 0.228 e. The van der Waals surface area contributed by atoms with Crippen molar-refractivity contribution in [3.63, 3.8) is 0 Å². The zero-order valence-corrected chi connectivity index (χ0v) is 13.7. The molecule has 8 heteroatoms. The fraction of sp³-hybridized carbons (Fsp3) is 0.353. The van der Waals surface area contributed by atoms with Crippen LogP contribution in [-0.2, 0) is 16.0 Å². The minimum Gasteiger partial charge on any atom is -0.348 e. The summed E-state index contributed by atoms with van der Waals surface area (Å²) >= 11 is 0. The molecule has 0 N–H and O–H groups in total. The number of nitrogens with zero attached hydrogens (tertiary/aromatic N) is 6. The van der Waals surface area contributed by atoms with Gasteiger partial charge in [-0.3, -0.25) is 8.97 Å². The largest absolute Gasteiger partial charge is 0.348 e. The van der Waals surface area contributed by atoms with Gasteiger partial charge in [-0.2, -0.15) is 0 Å². The lowest BCUT2D eigenvalue weighted by atomic mass is 10.3. The SMILES string of the molecule is C=CCn1c(-c2ncc3ccccn23)nnc1N1C[C@@H]2OCO[C@@H]2C1. The van der Waals surface area contributed by atoms with Gasteiger partial charge in [0.2, 0.25) is 11.8 Å². The molecule has 0 saturated carbocycles. The number of hydrogen-bond acceptors (Lipinski definition) is 6. The monoisotopic (exact) mass is 338 g/mol. The topological polar surface area (TPSA) is 69.7 Å². The molecule has 5 rings (SSSR count). The van der Waals surface area contributed by atoms with E-state index in [4.69, 9.17) is 9.47 Å². The first kappa shape index (κ1) is 14.6. The van der Waals surface area contributed by atoms with Crippen molar-refractivity contribution in [3.05, 3.63) is 43.2 Å².